The molecule has 0 saturated carbocycles. The summed E-state index contributed by atoms with van der Waals surface area (Å²) in [4.78, 5) is 3.73. The van der Waals surface area contributed by atoms with Crippen molar-refractivity contribution in [2.45, 2.75) is 47.7 Å². The van der Waals surface area contributed by atoms with Gasteiger partial charge in [0.25, 0.3) is 0 Å². The van der Waals surface area contributed by atoms with E-state index in [4.69, 9.17) is 0 Å². The molecule has 174 valence electrons. The van der Waals surface area contributed by atoms with E-state index < -0.39 is 35.0 Å². The van der Waals surface area contributed by atoms with Crippen LogP contribution in [0.1, 0.15) is 45.1 Å². The van der Waals surface area contributed by atoms with Crippen LogP contribution in [0.2, 0.25) is 0 Å². The zero-order valence-electron chi connectivity index (χ0n) is 19.8. The number of anilines is 2. The molecule has 0 amide bonds. The van der Waals surface area contributed by atoms with Crippen LogP contribution in [0.15, 0.2) is 30.3 Å². The van der Waals surface area contributed by atoms with Gasteiger partial charge in [-0.25, -0.2) is 17.6 Å². The molecular weight excluding hydrogens is 428 g/mol. The van der Waals surface area contributed by atoms with E-state index in [1.807, 2.05) is 75.6 Å². The average Bonchev–Trinajstić information content (AvgIpc) is 3.09. The van der Waals surface area contributed by atoms with Crippen LogP contribution in [-0.4, -0.2) is 13.1 Å². The zero-order chi connectivity index (χ0) is 24.2. The number of rotatable bonds is 3. The highest BCUT2D eigenvalue weighted by Crippen LogP contribution is 2.44. The summed E-state index contributed by atoms with van der Waals surface area (Å²) in [6.07, 6.45) is -1.05. The number of halogens is 4. The summed E-state index contributed by atoms with van der Waals surface area (Å²) in [5, 5.41) is 0. The van der Waals surface area contributed by atoms with Gasteiger partial charge in [0.15, 0.2) is 23.3 Å². The molecule has 6 heteroatoms. The van der Waals surface area contributed by atoms with Crippen LogP contribution in [0.4, 0.5) is 28.9 Å². The van der Waals surface area contributed by atoms with Crippen molar-refractivity contribution in [3.05, 3.63) is 92.5 Å². The first-order chi connectivity index (χ1) is 15.5. The maximum atomic E-state index is 15.2. The van der Waals surface area contributed by atoms with Crippen LogP contribution in [-0.2, 0) is 0 Å². The third-order valence-corrected chi connectivity index (χ3v) is 6.42. The smallest absolute Gasteiger partial charge is 0.169 e. The Morgan fingerprint density at radius 2 is 0.909 bits per heavy atom. The Labute approximate surface area is 192 Å². The average molecular weight is 457 g/mol. The molecule has 1 aliphatic heterocycles. The second-order valence-electron chi connectivity index (χ2n) is 9.14. The van der Waals surface area contributed by atoms with Crippen molar-refractivity contribution in [3.8, 4) is 0 Å². The number of aryl methyl sites for hydroxylation is 6. The van der Waals surface area contributed by atoms with Crippen LogP contribution in [0, 0.1) is 64.8 Å². The van der Waals surface area contributed by atoms with Gasteiger partial charge in [-0.15, -0.1) is 0 Å². The summed E-state index contributed by atoms with van der Waals surface area (Å²) in [5.74, 6) is -5.52. The Bertz CT molecular complexity index is 1110. The molecule has 33 heavy (non-hydrogen) atoms. The molecular formula is C27H28F4N2. The quantitative estimate of drug-likeness (QED) is 0.306. The maximum absolute atomic E-state index is 15.2. The van der Waals surface area contributed by atoms with E-state index in [1.165, 1.54) is 0 Å². The summed E-state index contributed by atoms with van der Waals surface area (Å²) >= 11 is 0. The van der Waals surface area contributed by atoms with Crippen molar-refractivity contribution in [2.75, 3.05) is 22.9 Å². The van der Waals surface area contributed by atoms with Gasteiger partial charge in [-0.1, -0.05) is 35.4 Å². The monoisotopic (exact) mass is 456 g/mol. The Hall–Kier alpha value is -3.02. The van der Waals surface area contributed by atoms with E-state index in [2.05, 4.69) is 0 Å². The Balaban J connectivity index is 2.00. The van der Waals surface area contributed by atoms with Gasteiger partial charge in [0.2, 0.25) is 0 Å². The first kappa shape index (κ1) is 23.1. The van der Waals surface area contributed by atoms with Crippen molar-refractivity contribution in [3.63, 3.8) is 0 Å². The number of nitrogens with zero attached hydrogens (tertiary/aromatic N) is 2. The van der Waals surface area contributed by atoms with E-state index in [0.717, 1.165) is 44.8 Å². The molecule has 3 aromatic carbocycles. The van der Waals surface area contributed by atoms with Gasteiger partial charge in [0, 0.05) is 30.5 Å². The molecule has 1 saturated heterocycles. The lowest BCUT2D eigenvalue weighted by Crippen LogP contribution is -2.34. The first-order valence-corrected chi connectivity index (χ1v) is 11.0. The lowest BCUT2D eigenvalue weighted by molar-refractivity contribution is 0.426. The van der Waals surface area contributed by atoms with E-state index in [0.29, 0.717) is 13.1 Å². The van der Waals surface area contributed by atoms with Gasteiger partial charge in [-0.05, 0) is 63.8 Å². The molecule has 2 nitrogen and oxygen atoms in total. The van der Waals surface area contributed by atoms with Crippen molar-refractivity contribution in [1.29, 1.82) is 0 Å². The maximum Gasteiger partial charge on any atom is 0.169 e. The molecule has 1 fully saturated rings. The van der Waals surface area contributed by atoms with E-state index in [1.54, 1.807) is 0 Å². The van der Waals surface area contributed by atoms with Crippen LogP contribution >= 0.6 is 0 Å². The molecule has 1 aliphatic rings. The standard InChI is InChI=1S/C27H28F4N2/c1-14-9-16(3)25(17(4)10-14)32-7-8-33(26-18(5)11-15(2)12-19(26)6)27(32)22-23(30)20(28)13-21(29)24(22)31/h9-13,27H,7-8H2,1-6H3. The van der Waals surface area contributed by atoms with E-state index >= 15 is 8.78 Å². The molecule has 0 N–H and O–H groups in total. The predicted octanol–water partition coefficient (Wildman–Crippen LogP) is 7.12. The lowest BCUT2D eigenvalue weighted by atomic mass is 10.0. The van der Waals surface area contributed by atoms with Crippen molar-refractivity contribution >= 4 is 11.4 Å². The summed E-state index contributed by atoms with van der Waals surface area (Å²) < 4.78 is 59.0. The topological polar surface area (TPSA) is 6.48 Å². The fraction of sp³-hybridized carbons (Fsp3) is 0.333. The first-order valence-electron chi connectivity index (χ1n) is 11.0. The van der Waals surface area contributed by atoms with Crippen LogP contribution < -0.4 is 9.80 Å². The largest absolute Gasteiger partial charge is 0.345 e. The third kappa shape index (κ3) is 3.85. The number of benzene rings is 3. The van der Waals surface area contributed by atoms with Gasteiger partial charge in [-0.3, -0.25) is 0 Å². The predicted molar refractivity (Wildman–Crippen MR) is 125 cm³/mol. The number of hydrogen-bond donors (Lipinski definition) is 0. The third-order valence-electron chi connectivity index (χ3n) is 6.42. The van der Waals surface area contributed by atoms with Gasteiger partial charge in [-0.2, -0.15) is 0 Å². The molecule has 0 radical (unpaired) electrons. The molecule has 0 bridgehead atoms. The minimum absolute atomic E-state index is 0.266. The minimum atomic E-state index is -1.40. The van der Waals surface area contributed by atoms with E-state index in [9.17, 15) is 8.78 Å². The summed E-state index contributed by atoms with van der Waals surface area (Å²) in [5.41, 5.74) is 6.93. The molecule has 1 heterocycles. The Morgan fingerprint density at radius 3 is 1.24 bits per heavy atom. The van der Waals surface area contributed by atoms with E-state index in [-0.39, 0.29) is 6.07 Å². The highest BCUT2D eigenvalue weighted by atomic mass is 19.2. The Kier molecular flexibility index (Phi) is 5.89. The summed E-state index contributed by atoms with van der Waals surface area (Å²) in [6, 6.07) is 8.28. The normalized spacial score (nSPS) is 14.5. The number of hydrogen-bond acceptors (Lipinski definition) is 2. The fourth-order valence-corrected chi connectivity index (χ4v) is 5.48. The highest BCUT2D eigenvalue weighted by Gasteiger charge is 2.41. The SMILES string of the molecule is Cc1cc(C)c(N2CCN(c3c(C)cc(C)cc3C)C2c2c(F)c(F)cc(F)c2F)c(C)c1. The molecule has 4 rings (SSSR count). The molecule has 0 spiro atoms. The van der Waals surface area contributed by atoms with Crippen molar-refractivity contribution in [2.24, 2.45) is 0 Å². The highest BCUT2D eigenvalue weighted by molar-refractivity contribution is 5.69. The summed E-state index contributed by atoms with van der Waals surface area (Å²) in [7, 11) is 0. The van der Waals surface area contributed by atoms with Gasteiger partial charge in [0.05, 0.1) is 5.56 Å². The second-order valence-corrected chi connectivity index (χ2v) is 9.14. The molecule has 0 aromatic heterocycles. The lowest BCUT2D eigenvalue weighted by Gasteiger charge is -2.36. The molecule has 0 unspecified atom stereocenters. The second kappa shape index (κ2) is 8.40. The minimum Gasteiger partial charge on any atom is -0.345 e. The van der Waals surface area contributed by atoms with Gasteiger partial charge < -0.3 is 9.80 Å². The van der Waals surface area contributed by atoms with Crippen LogP contribution in [0.5, 0.6) is 0 Å². The molecule has 3 aromatic rings. The van der Waals surface area contributed by atoms with Crippen LogP contribution in [0.25, 0.3) is 0 Å². The van der Waals surface area contributed by atoms with Gasteiger partial charge >= 0.3 is 0 Å². The van der Waals surface area contributed by atoms with Crippen molar-refractivity contribution in [1.82, 2.24) is 0 Å². The molecule has 0 atom stereocenters. The zero-order valence-corrected chi connectivity index (χ0v) is 19.8. The van der Waals surface area contributed by atoms with Crippen molar-refractivity contribution < 1.29 is 17.6 Å². The molecule has 0 aliphatic carbocycles. The van der Waals surface area contributed by atoms with Gasteiger partial charge in [0.1, 0.15) is 6.17 Å². The fourth-order valence-electron chi connectivity index (χ4n) is 5.48. The summed E-state index contributed by atoms with van der Waals surface area (Å²) in [6.45, 7) is 12.6. The Morgan fingerprint density at radius 1 is 0.576 bits per heavy atom. The van der Waals surface area contributed by atoms with Crippen LogP contribution in [0.3, 0.4) is 0 Å².